The molecule has 0 radical (unpaired) electrons. The monoisotopic (exact) mass is 345 g/mol. The number of halogens is 4. The molecule has 2 aromatic rings. The van der Waals surface area contributed by atoms with Gasteiger partial charge in [-0.3, -0.25) is 0 Å². The average Bonchev–Trinajstić information content (AvgIpc) is 2.38. The van der Waals surface area contributed by atoms with Crippen molar-refractivity contribution in [2.24, 2.45) is 0 Å². The molecule has 1 nitrogen and oxygen atoms in total. The number of hydrogen-bond donors (Lipinski definition) is 1. The number of nitrogens with one attached hydrogen (secondary N) is 1. The van der Waals surface area contributed by atoms with Crippen LogP contribution in [0.15, 0.2) is 34.8 Å². The molecule has 0 saturated carbocycles. The fourth-order valence-electron chi connectivity index (χ4n) is 1.66. The van der Waals surface area contributed by atoms with Gasteiger partial charge in [0, 0.05) is 11.0 Å². The fourth-order valence-corrected chi connectivity index (χ4v) is 2.20. The maximum Gasteiger partial charge on any atom is 0.152 e. The first kappa shape index (κ1) is 14.3. The van der Waals surface area contributed by atoms with E-state index in [0.29, 0.717) is 17.1 Å². The summed E-state index contributed by atoms with van der Waals surface area (Å²) in [4.78, 5) is 0. The second-order valence-corrected chi connectivity index (χ2v) is 5.42. The quantitative estimate of drug-likeness (QED) is 0.795. The zero-order valence-corrected chi connectivity index (χ0v) is 12.4. The van der Waals surface area contributed by atoms with Crippen molar-refractivity contribution >= 4 is 33.2 Å². The number of rotatable bonds is 3. The van der Waals surface area contributed by atoms with Crippen LogP contribution >= 0.6 is 27.5 Å². The number of benzene rings is 2. The molecule has 0 fully saturated rings. The first-order chi connectivity index (χ1) is 8.99. The number of aryl methyl sites for hydroxylation is 1. The SMILES string of the molecule is Cc1ccc(F)c(NCc2ccc(Cl)c(Br)c2)c1F. The van der Waals surface area contributed by atoms with Crippen molar-refractivity contribution < 1.29 is 8.78 Å². The van der Waals surface area contributed by atoms with Crippen LogP contribution < -0.4 is 5.32 Å². The number of anilines is 1. The Morgan fingerprint density at radius 1 is 1.21 bits per heavy atom. The maximum atomic E-state index is 13.8. The lowest BCUT2D eigenvalue weighted by atomic mass is 10.1. The second-order valence-electron chi connectivity index (χ2n) is 4.16. The molecule has 0 aliphatic heterocycles. The third-order valence-electron chi connectivity index (χ3n) is 2.74. The molecule has 0 unspecified atom stereocenters. The maximum absolute atomic E-state index is 13.8. The van der Waals surface area contributed by atoms with Gasteiger partial charge in [0.05, 0.1) is 5.02 Å². The van der Waals surface area contributed by atoms with Gasteiger partial charge in [0.1, 0.15) is 11.5 Å². The van der Waals surface area contributed by atoms with Gasteiger partial charge in [-0.15, -0.1) is 0 Å². The van der Waals surface area contributed by atoms with Crippen molar-refractivity contribution in [3.05, 3.63) is 62.6 Å². The molecule has 0 saturated heterocycles. The lowest BCUT2D eigenvalue weighted by Gasteiger charge is -2.11. The largest absolute Gasteiger partial charge is 0.376 e. The lowest BCUT2D eigenvalue weighted by molar-refractivity contribution is 0.582. The molecule has 2 aromatic carbocycles. The minimum Gasteiger partial charge on any atom is -0.376 e. The smallest absolute Gasteiger partial charge is 0.152 e. The van der Waals surface area contributed by atoms with Crippen LogP contribution in [0.1, 0.15) is 11.1 Å². The number of hydrogen-bond acceptors (Lipinski definition) is 1. The van der Waals surface area contributed by atoms with E-state index in [1.165, 1.54) is 12.1 Å². The highest BCUT2D eigenvalue weighted by molar-refractivity contribution is 9.10. The van der Waals surface area contributed by atoms with E-state index in [0.717, 1.165) is 10.0 Å². The van der Waals surface area contributed by atoms with E-state index in [1.807, 2.05) is 0 Å². The van der Waals surface area contributed by atoms with Gasteiger partial charge in [-0.05, 0) is 52.2 Å². The summed E-state index contributed by atoms with van der Waals surface area (Å²) >= 11 is 9.19. The summed E-state index contributed by atoms with van der Waals surface area (Å²) in [6, 6.07) is 7.99. The van der Waals surface area contributed by atoms with Gasteiger partial charge in [-0.1, -0.05) is 23.7 Å². The van der Waals surface area contributed by atoms with Gasteiger partial charge >= 0.3 is 0 Å². The van der Waals surface area contributed by atoms with E-state index in [4.69, 9.17) is 11.6 Å². The second kappa shape index (κ2) is 5.88. The topological polar surface area (TPSA) is 12.0 Å². The minimum absolute atomic E-state index is 0.105. The molecular weight excluding hydrogens is 336 g/mol. The highest BCUT2D eigenvalue weighted by Crippen LogP contribution is 2.25. The Labute approximate surface area is 123 Å². The zero-order chi connectivity index (χ0) is 14.0. The van der Waals surface area contributed by atoms with E-state index in [9.17, 15) is 8.78 Å². The molecule has 0 heterocycles. The molecule has 0 bridgehead atoms. The summed E-state index contributed by atoms with van der Waals surface area (Å²) < 4.78 is 28.1. The molecule has 5 heteroatoms. The van der Waals surface area contributed by atoms with E-state index >= 15 is 0 Å². The highest BCUT2D eigenvalue weighted by atomic mass is 79.9. The summed E-state index contributed by atoms with van der Waals surface area (Å²) in [5.41, 5.74) is 1.17. The van der Waals surface area contributed by atoms with Crippen LogP contribution in [-0.2, 0) is 6.54 Å². The first-order valence-electron chi connectivity index (χ1n) is 5.61. The van der Waals surface area contributed by atoms with Gasteiger partial charge < -0.3 is 5.32 Å². The van der Waals surface area contributed by atoms with E-state index in [-0.39, 0.29) is 5.69 Å². The van der Waals surface area contributed by atoms with Crippen molar-refractivity contribution in [1.82, 2.24) is 0 Å². The third-order valence-corrected chi connectivity index (χ3v) is 3.95. The lowest BCUT2D eigenvalue weighted by Crippen LogP contribution is -2.05. The zero-order valence-electron chi connectivity index (χ0n) is 10.1. The van der Waals surface area contributed by atoms with Gasteiger partial charge in [-0.25, -0.2) is 8.78 Å². The Kier molecular flexibility index (Phi) is 4.42. The fraction of sp³-hybridized carbons (Fsp3) is 0.143. The first-order valence-corrected chi connectivity index (χ1v) is 6.78. The molecule has 0 aromatic heterocycles. The van der Waals surface area contributed by atoms with Crippen LogP contribution in [0.2, 0.25) is 5.02 Å². The minimum atomic E-state index is -0.601. The molecule has 1 N–H and O–H groups in total. The van der Waals surface area contributed by atoms with Gasteiger partial charge in [-0.2, -0.15) is 0 Å². The molecule has 0 spiro atoms. The van der Waals surface area contributed by atoms with Gasteiger partial charge in [0.25, 0.3) is 0 Å². The van der Waals surface area contributed by atoms with Crippen molar-refractivity contribution in [2.75, 3.05) is 5.32 Å². The predicted octanol–water partition coefficient (Wildman–Crippen LogP) is 5.30. The summed E-state index contributed by atoms with van der Waals surface area (Å²) in [6.45, 7) is 1.91. The standard InChI is InChI=1S/C14H11BrClF2N/c1-8-2-5-12(17)14(13(8)18)19-7-9-3-4-11(16)10(15)6-9/h2-6,19H,7H2,1H3. The molecule has 0 amide bonds. The summed E-state index contributed by atoms with van der Waals surface area (Å²) in [7, 11) is 0. The van der Waals surface area contributed by atoms with E-state index in [1.54, 1.807) is 25.1 Å². The summed E-state index contributed by atoms with van der Waals surface area (Å²) in [6.07, 6.45) is 0. The van der Waals surface area contributed by atoms with Crippen LogP contribution in [0, 0.1) is 18.6 Å². The molecule has 0 aliphatic rings. The van der Waals surface area contributed by atoms with Crippen molar-refractivity contribution in [1.29, 1.82) is 0 Å². The normalized spacial score (nSPS) is 10.6. The van der Waals surface area contributed by atoms with Crippen LogP contribution in [0.5, 0.6) is 0 Å². The summed E-state index contributed by atoms with van der Waals surface area (Å²) in [5, 5.41) is 3.37. The van der Waals surface area contributed by atoms with Gasteiger partial charge in [0.2, 0.25) is 0 Å². The van der Waals surface area contributed by atoms with Crippen molar-refractivity contribution in [3.63, 3.8) is 0 Å². The Morgan fingerprint density at radius 2 is 1.95 bits per heavy atom. The molecular formula is C14H11BrClF2N. The molecule has 0 aliphatic carbocycles. The highest BCUT2D eigenvalue weighted by Gasteiger charge is 2.11. The van der Waals surface area contributed by atoms with Gasteiger partial charge in [0.15, 0.2) is 5.82 Å². The van der Waals surface area contributed by atoms with Crippen LogP contribution in [0.3, 0.4) is 0 Å². The van der Waals surface area contributed by atoms with Crippen molar-refractivity contribution in [2.45, 2.75) is 13.5 Å². The van der Waals surface area contributed by atoms with E-state index < -0.39 is 11.6 Å². The molecule has 100 valence electrons. The summed E-state index contributed by atoms with van der Waals surface area (Å²) in [5.74, 6) is -1.16. The molecule has 2 rings (SSSR count). The Bertz CT molecular complexity index is 617. The Balaban J connectivity index is 2.19. The predicted molar refractivity (Wildman–Crippen MR) is 77.6 cm³/mol. The third kappa shape index (κ3) is 3.25. The molecule has 0 atom stereocenters. The van der Waals surface area contributed by atoms with Crippen LogP contribution in [-0.4, -0.2) is 0 Å². The molecule has 19 heavy (non-hydrogen) atoms. The Hall–Kier alpha value is -1.13. The Morgan fingerprint density at radius 3 is 2.63 bits per heavy atom. The van der Waals surface area contributed by atoms with E-state index in [2.05, 4.69) is 21.2 Å². The average molecular weight is 347 g/mol. The van der Waals surface area contributed by atoms with Crippen LogP contribution in [0.25, 0.3) is 0 Å². The van der Waals surface area contributed by atoms with Crippen molar-refractivity contribution in [3.8, 4) is 0 Å². The van der Waals surface area contributed by atoms with Crippen LogP contribution in [0.4, 0.5) is 14.5 Å².